The van der Waals surface area contributed by atoms with E-state index in [0.29, 0.717) is 11.4 Å². The highest BCUT2D eigenvalue weighted by Crippen LogP contribution is 2.22. The van der Waals surface area contributed by atoms with Gasteiger partial charge in [0.1, 0.15) is 23.6 Å². The minimum Gasteiger partial charge on any atom is -0.459 e. The number of hydrogen-bond acceptors (Lipinski definition) is 4. The Morgan fingerprint density at radius 3 is 2.12 bits per heavy atom. The van der Waals surface area contributed by atoms with Gasteiger partial charge in [0.15, 0.2) is 0 Å². The summed E-state index contributed by atoms with van der Waals surface area (Å²) in [6.45, 7) is 5.22. The fourth-order valence-corrected chi connectivity index (χ4v) is 2.09. The Morgan fingerprint density at radius 1 is 0.962 bits per heavy atom. The van der Waals surface area contributed by atoms with E-state index in [-0.39, 0.29) is 6.54 Å². The molecule has 0 saturated carbocycles. The number of para-hydroxylation sites is 1. The molecule has 26 heavy (non-hydrogen) atoms. The van der Waals surface area contributed by atoms with Crippen molar-refractivity contribution in [2.75, 3.05) is 18.9 Å². The molecule has 0 spiro atoms. The molecule has 6 nitrogen and oxygen atoms in total. The molecule has 138 valence electrons. The maximum absolute atomic E-state index is 12.2. The molecule has 2 aromatic carbocycles. The number of carbonyl (C=O) groups excluding carboxylic acids is 2. The van der Waals surface area contributed by atoms with E-state index in [1.165, 1.54) is 11.9 Å². The zero-order valence-corrected chi connectivity index (χ0v) is 15.5. The van der Waals surface area contributed by atoms with Crippen molar-refractivity contribution in [2.45, 2.75) is 26.4 Å². The minimum atomic E-state index is -0.580. The molecule has 0 bridgehead atoms. The first-order valence-corrected chi connectivity index (χ1v) is 8.30. The monoisotopic (exact) mass is 356 g/mol. The number of hydrogen-bond donors (Lipinski definition) is 1. The molecule has 2 rings (SSSR count). The van der Waals surface area contributed by atoms with E-state index < -0.39 is 17.6 Å². The SMILES string of the molecule is CN(CC(=O)OC(C)(C)C)C(=O)Nc1ccc(Oc2ccccc2)cc1. The number of nitrogens with one attached hydrogen (secondary N) is 1. The number of carbonyl (C=O) groups is 2. The van der Waals surface area contributed by atoms with Gasteiger partial charge in [-0.15, -0.1) is 0 Å². The average Bonchev–Trinajstić information content (AvgIpc) is 2.55. The number of likely N-dealkylation sites (N-methyl/N-ethyl adjacent to an activating group) is 1. The van der Waals surface area contributed by atoms with Crippen LogP contribution >= 0.6 is 0 Å². The second-order valence-corrected chi connectivity index (χ2v) is 6.81. The molecule has 0 atom stereocenters. The second-order valence-electron chi connectivity index (χ2n) is 6.81. The van der Waals surface area contributed by atoms with Crippen molar-refractivity contribution in [3.05, 3.63) is 54.6 Å². The summed E-state index contributed by atoms with van der Waals surface area (Å²) in [5.74, 6) is 0.944. The molecular weight excluding hydrogens is 332 g/mol. The molecule has 1 N–H and O–H groups in total. The molecule has 0 heterocycles. The summed E-state index contributed by atoms with van der Waals surface area (Å²) >= 11 is 0. The van der Waals surface area contributed by atoms with Crippen LogP contribution in [-0.2, 0) is 9.53 Å². The molecule has 0 aliphatic heterocycles. The lowest BCUT2D eigenvalue weighted by Gasteiger charge is -2.22. The van der Waals surface area contributed by atoms with Gasteiger partial charge in [-0.05, 0) is 57.2 Å². The van der Waals surface area contributed by atoms with Gasteiger partial charge in [-0.1, -0.05) is 18.2 Å². The van der Waals surface area contributed by atoms with Gasteiger partial charge in [0.25, 0.3) is 0 Å². The first kappa shape index (κ1) is 19.3. The molecule has 0 aromatic heterocycles. The van der Waals surface area contributed by atoms with E-state index in [4.69, 9.17) is 9.47 Å². The van der Waals surface area contributed by atoms with E-state index in [0.717, 1.165) is 5.75 Å². The van der Waals surface area contributed by atoms with Gasteiger partial charge < -0.3 is 19.7 Å². The Hall–Kier alpha value is -3.02. The van der Waals surface area contributed by atoms with Crippen LogP contribution in [0.15, 0.2) is 54.6 Å². The highest BCUT2D eigenvalue weighted by molar-refractivity contribution is 5.91. The van der Waals surface area contributed by atoms with E-state index in [2.05, 4.69) is 5.32 Å². The lowest BCUT2D eigenvalue weighted by molar-refractivity contribution is -0.155. The van der Waals surface area contributed by atoms with Crippen molar-refractivity contribution >= 4 is 17.7 Å². The van der Waals surface area contributed by atoms with Crippen molar-refractivity contribution in [3.8, 4) is 11.5 Å². The van der Waals surface area contributed by atoms with Crippen LogP contribution < -0.4 is 10.1 Å². The Labute approximate surface area is 153 Å². The Balaban J connectivity index is 1.87. The molecule has 0 fully saturated rings. The van der Waals surface area contributed by atoms with Crippen LogP contribution in [0.1, 0.15) is 20.8 Å². The molecule has 0 radical (unpaired) electrons. The minimum absolute atomic E-state index is 0.127. The molecule has 0 unspecified atom stereocenters. The van der Waals surface area contributed by atoms with Crippen LogP contribution in [0.3, 0.4) is 0 Å². The summed E-state index contributed by atoms with van der Waals surface area (Å²) in [5, 5.41) is 2.72. The van der Waals surface area contributed by atoms with Crippen LogP contribution in [0.4, 0.5) is 10.5 Å². The van der Waals surface area contributed by atoms with Gasteiger partial charge >= 0.3 is 12.0 Å². The fraction of sp³-hybridized carbons (Fsp3) is 0.300. The Kier molecular flexibility index (Phi) is 6.22. The number of nitrogens with zero attached hydrogens (tertiary/aromatic N) is 1. The highest BCUT2D eigenvalue weighted by Gasteiger charge is 2.19. The molecular formula is C20H24N2O4. The summed E-state index contributed by atoms with van der Waals surface area (Å²) in [4.78, 5) is 25.2. The van der Waals surface area contributed by atoms with Crippen molar-refractivity contribution in [2.24, 2.45) is 0 Å². The second kappa shape index (κ2) is 8.38. The van der Waals surface area contributed by atoms with Crippen LogP contribution in [0.5, 0.6) is 11.5 Å². The van der Waals surface area contributed by atoms with Crippen LogP contribution in [-0.4, -0.2) is 36.1 Å². The topological polar surface area (TPSA) is 67.9 Å². The van der Waals surface area contributed by atoms with Gasteiger partial charge in [0.2, 0.25) is 0 Å². The number of benzene rings is 2. The maximum Gasteiger partial charge on any atom is 0.326 e. The number of ether oxygens (including phenoxy) is 2. The number of esters is 1. The quantitative estimate of drug-likeness (QED) is 0.812. The number of rotatable bonds is 5. The summed E-state index contributed by atoms with van der Waals surface area (Å²) in [6.07, 6.45) is 0. The van der Waals surface area contributed by atoms with Gasteiger partial charge in [0.05, 0.1) is 0 Å². The summed E-state index contributed by atoms with van der Waals surface area (Å²) in [7, 11) is 1.53. The van der Waals surface area contributed by atoms with Gasteiger partial charge in [-0.2, -0.15) is 0 Å². The van der Waals surface area contributed by atoms with Crippen molar-refractivity contribution in [1.82, 2.24) is 4.90 Å². The first-order chi connectivity index (χ1) is 12.2. The van der Waals surface area contributed by atoms with Crippen LogP contribution in [0, 0.1) is 0 Å². The van der Waals surface area contributed by atoms with Gasteiger partial charge in [-0.3, -0.25) is 4.79 Å². The first-order valence-electron chi connectivity index (χ1n) is 8.30. The van der Waals surface area contributed by atoms with Crippen molar-refractivity contribution in [1.29, 1.82) is 0 Å². The number of urea groups is 1. The number of amides is 2. The molecule has 0 saturated heterocycles. The lowest BCUT2D eigenvalue weighted by Crippen LogP contribution is -2.38. The highest BCUT2D eigenvalue weighted by atomic mass is 16.6. The smallest absolute Gasteiger partial charge is 0.326 e. The van der Waals surface area contributed by atoms with Crippen molar-refractivity contribution in [3.63, 3.8) is 0 Å². The zero-order chi connectivity index (χ0) is 19.2. The lowest BCUT2D eigenvalue weighted by atomic mass is 10.2. The van der Waals surface area contributed by atoms with Crippen molar-refractivity contribution < 1.29 is 19.1 Å². The summed E-state index contributed by atoms with van der Waals surface area (Å²) < 4.78 is 10.9. The normalized spacial score (nSPS) is 10.8. The third-order valence-electron chi connectivity index (χ3n) is 3.22. The molecule has 0 aliphatic rings. The molecule has 2 amide bonds. The third kappa shape index (κ3) is 6.47. The predicted molar refractivity (Wildman–Crippen MR) is 100 cm³/mol. The number of anilines is 1. The Bertz CT molecular complexity index is 737. The van der Waals surface area contributed by atoms with E-state index in [1.54, 1.807) is 45.0 Å². The fourth-order valence-electron chi connectivity index (χ4n) is 2.09. The maximum atomic E-state index is 12.2. The van der Waals surface area contributed by atoms with E-state index >= 15 is 0 Å². The summed E-state index contributed by atoms with van der Waals surface area (Å²) in [6, 6.07) is 16.0. The van der Waals surface area contributed by atoms with Gasteiger partial charge in [0, 0.05) is 12.7 Å². The third-order valence-corrected chi connectivity index (χ3v) is 3.22. The zero-order valence-electron chi connectivity index (χ0n) is 15.5. The van der Waals surface area contributed by atoms with E-state index in [1.807, 2.05) is 30.3 Å². The predicted octanol–water partition coefficient (Wildman–Crippen LogP) is 4.28. The average molecular weight is 356 g/mol. The molecule has 6 heteroatoms. The van der Waals surface area contributed by atoms with Crippen LogP contribution in [0.25, 0.3) is 0 Å². The van der Waals surface area contributed by atoms with Crippen LogP contribution in [0.2, 0.25) is 0 Å². The largest absolute Gasteiger partial charge is 0.459 e. The van der Waals surface area contributed by atoms with Gasteiger partial charge in [-0.25, -0.2) is 4.79 Å². The summed E-state index contributed by atoms with van der Waals surface area (Å²) in [5.41, 5.74) is 0.0228. The van der Waals surface area contributed by atoms with E-state index in [9.17, 15) is 9.59 Å². The molecule has 0 aliphatic carbocycles. The Morgan fingerprint density at radius 2 is 1.54 bits per heavy atom. The standard InChI is InChI=1S/C20H24N2O4/c1-20(2,3)26-18(23)14-22(4)19(24)21-15-10-12-17(13-11-15)25-16-8-6-5-7-9-16/h5-13H,14H2,1-4H3,(H,21,24). The molecule has 2 aromatic rings.